The second-order valence-electron chi connectivity index (χ2n) is 5.89. The van der Waals surface area contributed by atoms with Crippen LogP contribution in [0, 0.1) is 16.7 Å². The zero-order chi connectivity index (χ0) is 13.9. The molecule has 2 saturated carbocycles. The van der Waals surface area contributed by atoms with Crippen molar-refractivity contribution in [1.29, 1.82) is 0 Å². The number of hydrogen-bond donors (Lipinski definition) is 0. The number of thioether (sulfide) groups is 1. The van der Waals surface area contributed by atoms with Gasteiger partial charge in [0.1, 0.15) is 0 Å². The Morgan fingerprint density at radius 1 is 1.33 bits per heavy atom. The van der Waals surface area contributed by atoms with Gasteiger partial charge in [0, 0.05) is 5.41 Å². The highest BCUT2D eigenvalue weighted by molar-refractivity contribution is 8.14. The lowest BCUT2D eigenvalue weighted by atomic mass is 9.70. The van der Waals surface area contributed by atoms with Gasteiger partial charge in [-0.25, -0.2) is 0 Å². The third kappa shape index (κ3) is 1.64. The van der Waals surface area contributed by atoms with Gasteiger partial charge in [-0.3, -0.25) is 9.59 Å². The maximum Gasteiger partial charge on any atom is 0.460 e. The van der Waals surface area contributed by atoms with E-state index in [1.807, 2.05) is 20.8 Å². The van der Waals surface area contributed by atoms with Crippen molar-refractivity contribution in [3.8, 4) is 0 Å². The molecule has 0 saturated heterocycles. The zero-order valence-corrected chi connectivity index (χ0v) is 11.2. The van der Waals surface area contributed by atoms with Crippen molar-refractivity contribution in [2.75, 3.05) is 0 Å². The predicted octanol–water partition coefficient (Wildman–Crippen LogP) is 3.20. The number of halogens is 3. The number of alkyl halides is 3. The van der Waals surface area contributed by atoms with Crippen LogP contribution in [-0.4, -0.2) is 22.3 Å². The van der Waals surface area contributed by atoms with Crippen LogP contribution >= 0.6 is 11.8 Å². The summed E-state index contributed by atoms with van der Waals surface area (Å²) in [5.74, 6) is -0.322. The molecular formula is C12H15F3O2S. The molecule has 0 amide bonds. The molecule has 0 aromatic heterocycles. The van der Waals surface area contributed by atoms with Gasteiger partial charge in [0.2, 0.25) is 0 Å². The van der Waals surface area contributed by atoms with Crippen molar-refractivity contribution < 1.29 is 22.8 Å². The summed E-state index contributed by atoms with van der Waals surface area (Å²) in [5, 5.41) is -2.68. The monoisotopic (exact) mass is 280 g/mol. The minimum absolute atomic E-state index is 0.133. The minimum Gasteiger partial charge on any atom is -0.298 e. The fourth-order valence-corrected chi connectivity index (χ4v) is 4.69. The lowest BCUT2D eigenvalue weighted by molar-refractivity contribution is -0.160. The lowest BCUT2D eigenvalue weighted by Crippen LogP contribution is -2.35. The Morgan fingerprint density at radius 3 is 2.28 bits per heavy atom. The molecule has 6 heteroatoms. The average molecular weight is 280 g/mol. The molecule has 0 spiro atoms. The quantitative estimate of drug-likeness (QED) is 0.739. The highest BCUT2D eigenvalue weighted by Gasteiger charge is 2.67. The Labute approximate surface area is 108 Å². The predicted molar refractivity (Wildman–Crippen MR) is 62.1 cm³/mol. The van der Waals surface area contributed by atoms with Gasteiger partial charge in [0.15, 0.2) is 5.78 Å². The first-order chi connectivity index (χ1) is 8.02. The minimum atomic E-state index is -4.86. The van der Waals surface area contributed by atoms with Gasteiger partial charge in [0.05, 0.1) is 5.25 Å². The molecule has 3 unspecified atom stereocenters. The number of hydrogen-bond acceptors (Lipinski definition) is 3. The molecule has 3 atom stereocenters. The third-order valence-electron chi connectivity index (χ3n) is 4.94. The Hall–Kier alpha value is -0.520. The number of carbonyl (C=O) groups is 2. The molecule has 18 heavy (non-hydrogen) atoms. The summed E-state index contributed by atoms with van der Waals surface area (Å²) in [4.78, 5) is 23.3. The standard InChI is InChI=1S/C12H15F3O2S/c1-10(2)6-4-5-11(10,3)8(16)7(6)18-9(17)12(13,14)15/h6-7H,4-5H2,1-3H3. The molecule has 2 aliphatic rings. The summed E-state index contributed by atoms with van der Waals surface area (Å²) in [5.41, 5.74) is -0.908. The van der Waals surface area contributed by atoms with E-state index in [-0.39, 0.29) is 28.9 Å². The van der Waals surface area contributed by atoms with E-state index in [1.54, 1.807) is 0 Å². The average Bonchev–Trinajstić information content (AvgIpc) is 2.51. The number of rotatable bonds is 1. The first-order valence-electron chi connectivity index (χ1n) is 5.84. The van der Waals surface area contributed by atoms with Crippen molar-refractivity contribution in [2.45, 2.75) is 45.0 Å². The number of carbonyl (C=O) groups excluding carboxylic acids is 2. The van der Waals surface area contributed by atoms with E-state index >= 15 is 0 Å². The van der Waals surface area contributed by atoms with Crippen molar-refractivity contribution in [1.82, 2.24) is 0 Å². The van der Waals surface area contributed by atoms with Crippen LogP contribution < -0.4 is 0 Å². The summed E-state index contributed by atoms with van der Waals surface area (Å²) >= 11 is 0.173. The van der Waals surface area contributed by atoms with Crippen molar-refractivity contribution in [3.63, 3.8) is 0 Å². The number of fused-ring (bicyclic) bond motifs is 2. The maximum atomic E-state index is 12.3. The first kappa shape index (κ1) is 13.9. The van der Waals surface area contributed by atoms with E-state index in [0.717, 1.165) is 6.42 Å². The molecule has 2 nitrogen and oxygen atoms in total. The number of Topliss-reactive ketones (excluding diaryl/α,β-unsaturated/α-hetero) is 1. The third-order valence-corrected chi connectivity index (χ3v) is 6.18. The van der Waals surface area contributed by atoms with Gasteiger partial charge in [-0.05, 0) is 24.2 Å². The largest absolute Gasteiger partial charge is 0.460 e. The van der Waals surface area contributed by atoms with E-state index in [9.17, 15) is 22.8 Å². The molecule has 0 aromatic carbocycles. The van der Waals surface area contributed by atoms with Crippen molar-refractivity contribution >= 4 is 22.7 Å². The van der Waals surface area contributed by atoms with Crippen LogP contribution in [0.1, 0.15) is 33.6 Å². The summed E-state index contributed by atoms with van der Waals surface area (Å²) in [7, 11) is 0. The normalized spacial score (nSPS) is 38.2. The first-order valence-corrected chi connectivity index (χ1v) is 6.72. The van der Waals surface area contributed by atoms with Crippen LogP contribution in [0.3, 0.4) is 0 Å². The zero-order valence-electron chi connectivity index (χ0n) is 10.4. The van der Waals surface area contributed by atoms with Gasteiger partial charge in [-0.15, -0.1) is 0 Å². The summed E-state index contributed by atoms with van der Waals surface area (Å²) in [6.45, 7) is 5.65. The molecule has 2 aliphatic carbocycles. The topological polar surface area (TPSA) is 34.1 Å². The van der Waals surface area contributed by atoms with E-state index in [4.69, 9.17) is 0 Å². The Bertz CT molecular complexity index is 416. The molecule has 2 fully saturated rings. The smallest absolute Gasteiger partial charge is 0.298 e. The fourth-order valence-electron chi connectivity index (χ4n) is 3.32. The highest BCUT2D eigenvalue weighted by Crippen LogP contribution is 2.66. The van der Waals surface area contributed by atoms with Crippen LogP contribution in [0.4, 0.5) is 13.2 Å². The molecule has 102 valence electrons. The van der Waals surface area contributed by atoms with Crippen LogP contribution in [0.2, 0.25) is 0 Å². The van der Waals surface area contributed by atoms with Crippen LogP contribution in [0.5, 0.6) is 0 Å². The molecule has 0 radical (unpaired) electrons. The van der Waals surface area contributed by atoms with Gasteiger partial charge in [0.25, 0.3) is 5.12 Å². The van der Waals surface area contributed by atoms with Gasteiger partial charge >= 0.3 is 6.18 Å². The Balaban J connectivity index is 2.24. The van der Waals surface area contributed by atoms with Crippen LogP contribution in [-0.2, 0) is 9.59 Å². The SMILES string of the molecule is CC12CCC(C(SC(=O)C(F)(F)F)C1=O)C2(C)C. The maximum absolute atomic E-state index is 12.3. The molecule has 0 aromatic rings. The van der Waals surface area contributed by atoms with Crippen LogP contribution in [0.25, 0.3) is 0 Å². The van der Waals surface area contributed by atoms with E-state index in [2.05, 4.69) is 0 Å². The van der Waals surface area contributed by atoms with Crippen LogP contribution in [0.15, 0.2) is 0 Å². The van der Waals surface area contributed by atoms with Gasteiger partial charge < -0.3 is 0 Å². The molecule has 2 bridgehead atoms. The second kappa shape index (κ2) is 3.74. The highest BCUT2D eigenvalue weighted by atomic mass is 32.2. The van der Waals surface area contributed by atoms with E-state index in [1.165, 1.54) is 0 Å². The fraction of sp³-hybridized carbons (Fsp3) is 0.833. The Morgan fingerprint density at radius 2 is 1.89 bits per heavy atom. The molecule has 0 aliphatic heterocycles. The summed E-state index contributed by atoms with van der Waals surface area (Å²) in [6, 6.07) is 0. The summed E-state index contributed by atoms with van der Waals surface area (Å²) < 4.78 is 36.8. The molecule has 0 heterocycles. The van der Waals surface area contributed by atoms with Gasteiger partial charge in [-0.1, -0.05) is 32.5 Å². The van der Waals surface area contributed by atoms with Crippen molar-refractivity contribution in [2.24, 2.45) is 16.7 Å². The van der Waals surface area contributed by atoms with Crippen molar-refractivity contribution in [3.05, 3.63) is 0 Å². The molecule has 0 N–H and O–H groups in total. The van der Waals surface area contributed by atoms with Gasteiger partial charge in [-0.2, -0.15) is 13.2 Å². The number of ketones is 1. The molecular weight excluding hydrogens is 265 g/mol. The molecule has 2 rings (SSSR count). The second-order valence-corrected chi connectivity index (χ2v) is 7.00. The lowest BCUT2D eigenvalue weighted by Gasteiger charge is -2.32. The van der Waals surface area contributed by atoms with E-state index in [0.29, 0.717) is 6.42 Å². The Kier molecular flexibility index (Phi) is 2.89. The van der Waals surface area contributed by atoms with E-state index < -0.39 is 22.0 Å². The summed E-state index contributed by atoms with van der Waals surface area (Å²) in [6.07, 6.45) is -3.43.